The van der Waals surface area contributed by atoms with E-state index in [0.717, 1.165) is 23.7 Å². The van der Waals surface area contributed by atoms with Gasteiger partial charge in [-0.3, -0.25) is 0 Å². The zero-order chi connectivity index (χ0) is 17.0. The lowest BCUT2D eigenvalue weighted by molar-refractivity contribution is 0.243. The molecule has 0 N–H and O–H groups in total. The lowest BCUT2D eigenvalue weighted by atomic mass is 9.77. The molecule has 2 aliphatic carbocycles. The van der Waals surface area contributed by atoms with Gasteiger partial charge in [-0.05, 0) is 76.0 Å². The summed E-state index contributed by atoms with van der Waals surface area (Å²) >= 11 is 0. The summed E-state index contributed by atoms with van der Waals surface area (Å²) in [6, 6.07) is 0. The van der Waals surface area contributed by atoms with Crippen LogP contribution < -0.4 is 0 Å². The van der Waals surface area contributed by atoms with Gasteiger partial charge in [0.1, 0.15) is 0 Å². The maximum Gasteiger partial charge on any atom is -0.0322 e. The zero-order valence-electron chi connectivity index (χ0n) is 16.5. The Bertz CT molecular complexity index is 312. The molecule has 0 aliphatic heterocycles. The van der Waals surface area contributed by atoms with Crippen molar-refractivity contribution in [3.8, 4) is 0 Å². The SMILES string of the molecule is C/C=C/CC1CCC(CCCCC2CCC(C/C=C/C)CC2)CC1. The van der Waals surface area contributed by atoms with Crippen LogP contribution >= 0.6 is 0 Å². The smallest absolute Gasteiger partial charge is 0.0322 e. The summed E-state index contributed by atoms with van der Waals surface area (Å²) in [6.45, 7) is 4.31. The zero-order valence-corrected chi connectivity index (χ0v) is 16.5. The molecule has 24 heavy (non-hydrogen) atoms. The minimum absolute atomic E-state index is 0.996. The number of hydrogen-bond donors (Lipinski definition) is 0. The average molecular weight is 331 g/mol. The lowest BCUT2D eigenvalue weighted by Crippen LogP contribution is -2.15. The van der Waals surface area contributed by atoms with Gasteiger partial charge in [0.15, 0.2) is 0 Å². The van der Waals surface area contributed by atoms with E-state index in [1.165, 1.54) is 89.9 Å². The van der Waals surface area contributed by atoms with Crippen molar-refractivity contribution < 1.29 is 0 Å². The Balaban J connectivity index is 1.47. The van der Waals surface area contributed by atoms with Gasteiger partial charge in [0.05, 0.1) is 0 Å². The second kappa shape index (κ2) is 11.9. The Morgan fingerprint density at radius 1 is 0.542 bits per heavy atom. The molecule has 0 saturated heterocycles. The van der Waals surface area contributed by atoms with Gasteiger partial charge in [0.25, 0.3) is 0 Å². The topological polar surface area (TPSA) is 0 Å². The molecule has 138 valence electrons. The molecule has 0 aromatic heterocycles. The molecule has 0 bridgehead atoms. The fourth-order valence-corrected chi connectivity index (χ4v) is 5.03. The minimum atomic E-state index is 0.996. The maximum absolute atomic E-state index is 2.37. The molecule has 0 aromatic rings. The molecule has 0 spiro atoms. The van der Waals surface area contributed by atoms with E-state index in [0.29, 0.717) is 0 Å². The Morgan fingerprint density at radius 3 is 1.21 bits per heavy atom. The molecule has 0 amide bonds. The third-order valence-electron chi connectivity index (χ3n) is 6.82. The first-order valence-electron chi connectivity index (χ1n) is 11.0. The molecule has 0 unspecified atom stereocenters. The van der Waals surface area contributed by atoms with Gasteiger partial charge >= 0.3 is 0 Å². The van der Waals surface area contributed by atoms with E-state index in [-0.39, 0.29) is 0 Å². The standard InChI is InChI=1S/C24H42/c1-3-5-9-21-13-17-23(18-14-21)11-7-8-12-24-19-15-22(16-20-24)10-6-4-2/h3-6,21-24H,7-20H2,1-2H3/b5-3+,6-4+. The van der Waals surface area contributed by atoms with Crippen molar-refractivity contribution in [1.29, 1.82) is 0 Å². The number of allylic oxidation sites excluding steroid dienone is 4. The van der Waals surface area contributed by atoms with Gasteiger partial charge in [-0.1, -0.05) is 75.7 Å². The molecule has 0 nitrogen and oxygen atoms in total. The van der Waals surface area contributed by atoms with E-state index in [1.54, 1.807) is 0 Å². The van der Waals surface area contributed by atoms with E-state index < -0.39 is 0 Å². The summed E-state index contributed by atoms with van der Waals surface area (Å²) in [6.07, 6.45) is 29.9. The Hall–Kier alpha value is -0.520. The third kappa shape index (κ3) is 7.58. The lowest BCUT2D eigenvalue weighted by Gasteiger charge is -2.29. The van der Waals surface area contributed by atoms with Crippen molar-refractivity contribution >= 4 is 0 Å². The van der Waals surface area contributed by atoms with Crippen LogP contribution in [0.5, 0.6) is 0 Å². The molecule has 0 heterocycles. The van der Waals surface area contributed by atoms with Crippen molar-refractivity contribution in [3.63, 3.8) is 0 Å². The van der Waals surface area contributed by atoms with Gasteiger partial charge in [-0.25, -0.2) is 0 Å². The highest BCUT2D eigenvalue weighted by atomic mass is 14.3. The Labute approximate surface area is 152 Å². The van der Waals surface area contributed by atoms with Crippen LogP contribution in [0, 0.1) is 23.7 Å². The highest BCUT2D eigenvalue weighted by Gasteiger charge is 2.21. The summed E-state index contributed by atoms with van der Waals surface area (Å²) in [7, 11) is 0. The highest BCUT2D eigenvalue weighted by molar-refractivity contribution is 4.84. The molecular weight excluding hydrogens is 288 g/mol. The monoisotopic (exact) mass is 330 g/mol. The number of unbranched alkanes of at least 4 members (excludes halogenated alkanes) is 1. The van der Waals surface area contributed by atoms with Crippen molar-refractivity contribution in [1.82, 2.24) is 0 Å². The molecule has 2 saturated carbocycles. The van der Waals surface area contributed by atoms with Crippen LogP contribution in [0.25, 0.3) is 0 Å². The van der Waals surface area contributed by atoms with E-state index in [4.69, 9.17) is 0 Å². The quantitative estimate of drug-likeness (QED) is 0.296. The van der Waals surface area contributed by atoms with Crippen LogP contribution in [0.4, 0.5) is 0 Å². The average Bonchev–Trinajstić information content (AvgIpc) is 2.64. The first-order chi connectivity index (χ1) is 11.8. The minimum Gasteiger partial charge on any atom is -0.0917 e. The van der Waals surface area contributed by atoms with Crippen LogP contribution in [0.15, 0.2) is 24.3 Å². The van der Waals surface area contributed by atoms with Gasteiger partial charge < -0.3 is 0 Å². The van der Waals surface area contributed by atoms with Crippen LogP contribution in [-0.4, -0.2) is 0 Å². The van der Waals surface area contributed by atoms with Gasteiger partial charge in [0, 0.05) is 0 Å². The second-order valence-corrected chi connectivity index (χ2v) is 8.67. The van der Waals surface area contributed by atoms with Crippen molar-refractivity contribution in [2.75, 3.05) is 0 Å². The molecule has 0 atom stereocenters. The Morgan fingerprint density at radius 2 is 0.875 bits per heavy atom. The number of rotatable bonds is 9. The molecule has 0 radical (unpaired) electrons. The predicted octanol–water partition coefficient (Wildman–Crippen LogP) is 8.09. The summed E-state index contributed by atoms with van der Waals surface area (Å²) in [5, 5.41) is 0. The Kier molecular flexibility index (Phi) is 9.85. The normalized spacial score (nSPS) is 31.9. The van der Waals surface area contributed by atoms with Gasteiger partial charge in [0.2, 0.25) is 0 Å². The van der Waals surface area contributed by atoms with Crippen LogP contribution in [-0.2, 0) is 0 Å². The van der Waals surface area contributed by atoms with Crippen molar-refractivity contribution in [2.24, 2.45) is 23.7 Å². The molecule has 2 aliphatic rings. The fourth-order valence-electron chi connectivity index (χ4n) is 5.03. The maximum atomic E-state index is 2.37. The van der Waals surface area contributed by atoms with Gasteiger partial charge in [-0.2, -0.15) is 0 Å². The van der Waals surface area contributed by atoms with Crippen molar-refractivity contribution in [2.45, 2.75) is 104 Å². The highest BCUT2D eigenvalue weighted by Crippen LogP contribution is 2.36. The van der Waals surface area contributed by atoms with E-state index >= 15 is 0 Å². The summed E-state index contributed by atoms with van der Waals surface area (Å²) in [4.78, 5) is 0. The molecule has 2 fully saturated rings. The van der Waals surface area contributed by atoms with Crippen LogP contribution in [0.3, 0.4) is 0 Å². The van der Waals surface area contributed by atoms with E-state index in [9.17, 15) is 0 Å². The van der Waals surface area contributed by atoms with E-state index in [1.807, 2.05) is 0 Å². The molecular formula is C24H42. The summed E-state index contributed by atoms with van der Waals surface area (Å²) in [5.74, 6) is 4.11. The molecule has 2 rings (SSSR count). The second-order valence-electron chi connectivity index (χ2n) is 8.67. The summed E-state index contributed by atoms with van der Waals surface area (Å²) in [5.41, 5.74) is 0. The molecule has 0 heteroatoms. The number of hydrogen-bond acceptors (Lipinski definition) is 0. The first kappa shape index (κ1) is 19.8. The molecule has 0 aromatic carbocycles. The van der Waals surface area contributed by atoms with Gasteiger partial charge in [-0.15, -0.1) is 0 Å². The first-order valence-corrected chi connectivity index (χ1v) is 11.0. The predicted molar refractivity (Wildman–Crippen MR) is 108 cm³/mol. The van der Waals surface area contributed by atoms with E-state index in [2.05, 4.69) is 38.2 Å². The fraction of sp³-hybridized carbons (Fsp3) is 0.833. The van der Waals surface area contributed by atoms with Crippen LogP contribution in [0.1, 0.15) is 104 Å². The van der Waals surface area contributed by atoms with Crippen molar-refractivity contribution in [3.05, 3.63) is 24.3 Å². The largest absolute Gasteiger partial charge is 0.0917 e. The summed E-state index contributed by atoms with van der Waals surface area (Å²) < 4.78 is 0. The third-order valence-corrected chi connectivity index (χ3v) is 6.82. The van der Waals surface area contributed by atoms with Crippen LogP contribution in [0.2, 0.25) is 0 Å².